The number of anilines is 1. The first-order chi connectivity index (χ1) is 13.0. The molecule has 0 aliphatic rings. The molecule has 8 heteroatoms. The van der Waals surface area contributed by atoms with E-state index in [1.54, 1.807) is 6.07 Å². The van der Waals surface area contributed by atoms with Crippen molar-refractivity contribution in [2.24, 2.45) is 0 Å². The van der Waals surface area contributed by atoms with Gasteiger partial charge in [-0.25, -0.2) is 13.8 Å². The van der Waals surface area contributed by atoms with Gasteiger partial charge in [0, 0.05) is 24.6 Å². The van der Waals surface area contributed by atoms with Crippen LogP contribution in [0, 0.1) is 23.0 Å². The van der Waals surface area contributed by atoms with Crippen molar-refractivity contribution in [2.45, 2.75) is 12.8 Å². The van der Waals surface area contributed by atoms with E-state index in [4.69, 9.17) is 21.3 Å². The number of oxazole rings is 1. The summed E-state index contributed by atoms with van der Waals surface area (Å²) in [6, 6.07) is 9.64. The van der Waals surface area contributed by atoms with E-state index in [9.17, 15) is 13.6 Å². The molecule has 136 valence electrons. The van der Waals surface area contributed by atoms with E-state index in [0.717, 1.165) is 12.1 Å². The van der Waals surface area contributed by atoms with E-state index in [0.29, 0.717) is 11.3 Å². The van der Waals surface area contributed by atoms with Crippen LogP contribution in [0.25, 0.3) is 11.3 Å². The number of aromatic nitrogens is 1. The molecule has 5 nitrogen and oxygen atoms in total. The van der Waals surface area contributed by atoms with Crippen LogP contribution in [0.3, 0.4) is 0 Å². The average molecular weight is 388 g/mol. The SMILES string of the molecule is N#Cc1ccc(NC(=O)CCc2ncc(-c3ccc(F)cc3F)o2)cc1Cl. The van der Waals surface area contributed by atoms with Crippen LogP contribution < -0.4 is 5.32 Å². The number of nitrogens with one attached hydrogen (secondary N) is 1. The van der Waals surface area contributed by atoms with Crippen molar-refractivity contribution in [3.8, 4) is 17.4 Å². The molecule has 3 rings (SSSR count). The van der Waals surface area contributed by atoms with Gasteiger partial charge in [-0.2, -0.15) is 5.26 Å². The van der Waals surface area contributed by atoms with Gasteiger partial charge >= 0.3 is 0 Å². The van der Waals surface area contributed by atoms with Crippen LogP contribution in [0.4, 0.5) is 14.5 Å². The Labute approximate surface area is 158 Å². The second kappa shape index (κ2) is 7.98. The number of amides is 1. The highest BCUT2D eigenvalue weighted by molar-refractivity contribution is 6.32. The number of benzene rings is 2. The highest BCUT2D eigenvalue weighted by Crippen LogP contribution is 2.25. The smallest absolute Gasteiger partial charge is 0.224 e. The third-order valence-corrected chi connectivity index (χ3v) is 4.00. The van der Waals surface area contributed by atoms with Crippen LogP contribution in [-0.4, -0.2) is 10.9 Å². The quantitative estimate of drug-likeness (QED) is 0.687. The summed E-state index contributed by atoms with van der Waals surface area (Å²) in [6.45, 7) is 0. The topological polar surface area (TPSA) is 78.9 Å². The lowest BCUT2D eigenvalue weighted by atomic mass is 10.2. The van der Waals surface area contributed by atoms with Gasteiger partial charge in [0.1, 0.15) is 17.7 Å². The highest BCUT2D eigenvalue weighted by Gasteiger charge is 2.13. The molecule has 1 amide bonds. The molecule has 1 N–H and O–H groups in total. The minimum Gasteiger partial charge on any atom is -0.441 e. The van der Waals surface area contributed by atoms with Crippen LogP contribution in [0.1, 0.15) is 17.9 Å². The minimum absolute atomic E-state index is 0.0729. The van der Waals surface area contributed by atoms with Gasteiger partial charge < -0.3 is 9.73 Å². The van der Waals surface area contributed by atoms with E-state index < -0.39 is 11.6 Å². The molecule has 0 aliphatic carbocycles. The largest absolute Gasteiger partial charge is 0.441 e. The molecule has 0 spiro atoms. The van der Waals surface area contributed by atoms with Crippen molar-refractivity contribution < 1.29 is 18.0 Å². The van der Waals surface area contributed by atoms with Crippen LogP contribution in [0.5, 0.6) is 0 Å². The Morgan fingerprint density at radius 1 is 1.26 bits per heavy atom. The predicted molar refractivity (Wildman–Crippen MR) is 95.0 cm³/mol. The molecule has 27 heavy (non-hydrogen) atoms. The Morgan fingerprint density at radius 3 is 2.78 bits per heavy atom. The van der Waals surface area contributed by atoms with Gasteiger partial charge in [0.2, 0.25) is 5.91 Å². The average Bonchev–Trinajstić information content (AvgIpc) is 3.09. The molecule has 1 heterocycles. The van der Waals surface area contributed by atoms with Crippen molar-refractivity contribution >= 4 is 23.2 Å². The van der Waals surface area contributed by atoms with Gasteiger partial charge in [0.25, 0.3) is 0 Å². The Bertz CT molecular complexity index is 1040. The first-order valence-electron chi connectivity index (χ1n) is 7.86. The van der Waals surface area contributed by atoms with Crippen LogP contribution in [0.15, 0.2) is 47.0 Å². The number of hydrogen-bond acceptors (Lipinski definition) is 4. The molecule has 3 aromatic rings. The van der Waals surface area contributed by atoms with Gasteiger partial charge in [0.05, 0.1) is 22.3 Å². The number of rotatable bonds is 5. The molecule has 0 saturated carbocycles. The molecule has 0 radical (unpaired) electrons. The second-order valence-corrected chi connectivity index (χ2v) is 6.00. The van der Waals surface area contributed by atoms with Crippen molar-refractivity contribution in [1.29, 1.82) is 5.26 Å². The molecule has 0 atom stereocenters. The summed E-state index contributed by atoms with van der Waals surface area (Å²) >= 11 is 5.92. The van der Waals surface area contributed by atoms with Crippen molar-refractivity contribution in [3.05, 3.63) is 70.7 Å². The van der Waals surface area contributed by atoms with Crippen LogP contribution in [0.2, 0.25) is 5.02 Å². The van der Waals surface area contributed by atoms with Gasteiger partial charge in [-0.05, 0) is 30.3 Å². The lowest BCUT2D eigenvalue weighted by Gasteiger charge is -2.05. The van der Waals surface area contributed by atoms with Crippen molar-refractivity contribution in [1.82, 2.24) is 4.98 Å². The Kier molecular flexibility index (Phi) is 5.48. The zero-order valence-corrected chi connectivity index (χ0v) is 14.6. The van der Waals surface area contributed by atoms with Gasteiger partial charge in [-0.3, -0.25) is 4.79 Å². The highest BCUT2D eigenvalue weighted by atomic mass is 35.5. The molecular formula is C19H12ClF2N3O2. The standard InChI is InChI=1S/C19H12ClF2N3O2/c20-15-8-13(3-1-11(15)9-23)25-18(26)5-6-19-24-10-17(27-19)14-4-2-12(21)7-16(14)22/h1-4,7-8,10H,5-6H2,(H,25,26). The zero-order valence-electron chi connectivity index (χ0n) is 13.8. The maximum atomic E-state index is 13.8. The Morgan fingerprint density at radius 2 is 2.07 bits per heavy atom. The van der Waals surface area contributed by atoms with Gasteiger partial charge in [-0.1, -0.05) is 11.6 Å². The normalized spacial score (nSPS) is 10.4. The number of carbonyl (C=O) groups is 1. The number of carbonyl (C=O) groups excluding carboxylic acids is 1. The molecule has 0 unspecified atom stereocenters. The monoisotopic (exact) mass is 387 g/mol. The number of halogens is 3. The number of nitriles is 1. The maximum absolute atomic E-state index is 13.8. The lowest BCUT2D eigenvalue weighted by Crippen LogP contribution is -2.12. The number of hydrogen-bond donors (Lipinski definition) is 1. The van der Waals surface area contributed by atoms with E-state index in [2.05, 4.69) is 10.3 Å². The molecule has 2 aromatic carbocycles. The summed E-state index contributed by atoms with van der Waals surface area (Å²) in [5, 5.41) is 11.7. The molecule has 0 aliphatic heterocycles. The van der Waals surface area contributed by atoms with E-state index in [1.807, 2.05) is 6.07 Å². The van der Waals surface area contributed by atoms with Gasteiger partial charge in [-0.15, -0.1) is 0 Å². The molecular weight excluding hydrogens is 376 g/mol. The first kappa shape index (κ1) is 18.5. The Hall–Kier alpha value is -3.24. The molecule has 0 fully saturated rings. The van der Waals surface area contributed by atoms with E-state index >= 15 is 0 Å². The van der Waals surface area contributed by atoms with E-state index in [1.165, 1.54) is 24.4 Å². The summed E-state index contributed by atoms with van der Waals surface area (Å²) in [5.41, 5.74) is 0.868. The third kappa shape index (κ3) is 4.49. The molecule has 0 bridgehead atoms. The minimum atomic E-state index is -0.756. The maximum Gasteiger partial charge on any atom is 0.224 e. The van der Waals surface area contributed by atoms with Gasteiger partial charge in [0.15, 0.2) is 11.7 Å². The summed E-state index contributed by atoms with van der Waals surface area (Å²) < 4.78 is 32.2. The third-order valence-electron chi connectivity index (χ3n) is 3.69. The fraction of sp³-hybridized carbons (Fsp3) is 0.105. The fourth-order valence-corrected chi connectivity index (χ4v) is 2.59. The van der Waals surface area contributed by atoms with E-state index in [-0.39, 0.29) is 41.0 Å². The summed E-state index contributed by atoms with van der Waals surface area (Å²) in [4.78, 5) is 16.0. The second-order valence-electron chi connectivity index (χ2n) is 5.60. The number of nitrogens with zero attached hydrogens (tertiary/aromatic N) is 2. The fourth-order valence-electron chi connectivity index (χ4n) is 2.37. The van der Waals surface area contributed by atoms with Crippen molar-refractivity contribution in [2.75, 3.05) is 5.32 Å². The zero-order chi connectivity index (χ0) is 19.4. The Balaban J connectivity index is 1.60. The van der Waals surface area contributed by atoms with Crippen molar-refractivity contribution in [3.63, 3.8) is 0 Å². The summed E-state index contributed by atoms with van der Waals surface area (Å²) in [7, 11) is 0. The van der Waals surface area contributed by atoms with Crippen LogP contribution >= 0.6 is 11.6 Å². The molecule has 1 aromatic heterocycles. The summed E-state index contributed by atoms with van der Waals surface area (Å²) in [6.07, 6.45) is 1.59. The predicted octanol–water partition coefficient (Wildman–Crippen LogP) is 4.72. The van der Waals surface area contributed by atoms with Crippen LogP contribution in [-0.2, 0) is 11.2 Å². The first-order valence-corrected chi connectivity index (χ1v) is 8.23. The molecule has 0 saturated heterocycles. The number of aryl methyl sites for hydroxylation is 1. The summed E-state index contributed by atoms with van der Waals surface area (Å²) in [5.74, 6) is -1.34. The lowest BCUT2D eigenvalue weighted by molar-refractivity contribution is -0.116.